The molecule has 0 heterocycles. The van der Waals surface area contributed by atoms with E-state index in [1.54, 1.807) is 19.1 Å². The molecule has 0 spiro atoms. The lowest BCUT2D eigenvalue weighted by Gasteiger charge is -2.08. The minimum Gasteiger partial charge on any atom is -0.359 e. The summed E-state index contributed by atoms with van der Waals surface area (Å²) in [5.74, 6) is 5.38. The second-order valence-corrected chi connectivity index (χ2v) is 6.07. The molecule has 7 heteroatoms. The van der Waals surface area contributed by atoms with E-state index in [1.807, 2.05) is 0 Å². The lowest BCUT2D eigenvalue weighted by atomic mass is 10.1. The first-order valence-electron chi connectivity index (χ1n) is 6.40. The monoisotopic (exact) mass is 309 g/mol. The fourth-order valence-corrected chi connectivity index (χ4v) is 2.71. The number of rotatable bonds is 5. The van der Waals surface area contributed by atoms with Crippen molar-refractivity contribution in [1.29, 1.82) is 0 Å². The predicted molar refractivity (Wildman–Crippen MR) is 81.0 cm³/mol. The molecule has 6 nitrogen and oxygen atoms in total. The van der Waals surface area contributed by atoms with E-state index in [2.05, 4.69) is 21.9 Å². The van der Waals surface area contributed by atoms with E-state index in [4.69, 9.17) is 5.73 Å². The number of carbonyl (C=O) groups excluding carboxylic acids is 1. The summed E-state index contributed by atoms with van der Waals surface area (Å²) in [5, 5.41) is 2.43. The highest BCUT2D eigenvalue weighted by Crippen LogP contribution is 2.14. The number of sulfonamides is 1. The van der Waals surface area contributed by atoms with Gasteiger partial charge < -0.3 is 11.1 Å². The third-order valence-electron chi connectivity index (χ3n) is 2.76. The van der Waals surface area contributed by atoms with E-state index < -0.39 is 10.0 Å². The molecule has 1 amide bonds. The average Bonchev–Trinajstić information content (AvgIpc) is 2.45. The third kappa shape index (κ3) is 5.19. The van der Waals surface area contributed by atoms with Gasteiger partial charge >= 0.3 is 0 Å². The lowest BCUT2D eigenvalue weighted by molar-refractivity contribution is -0.120. The summed E-state index contributed by atoms with van der Waals surface area (Å²) in [5.41, 5.74) is 6.80. The van der Waals surface area contributed by atoms with Gasteiger partial charge in [-0.3, -0.25) is 4.79 Å². The van der Waals surface area contributed by atoms with E-state index >= 15 is 0 Å². The Kier molecular flexibility index (Phi) is 6.37. The van der Waals surface area contributed by atoms with E-state index in [1.165, 1.54) is 13.1 Å². The van der Waals surface area contributed by atoms with Crippen LogP contribution in [0.2, 0.25) is 0 Å². The topological polar surface area (TPSA) is 101 Å². The van der Waals surface area contributed by atoms with Crippen LogP contribution >= 0.6 is 0 Å². The molecule has 0 aliphatic rings. The highest BCUT2D eigenvalue weighted by Gasteiger charge is 2.14. The highest BCUT2D eigenvalue weighted by molar-refractivity contribution is 7.89. The van der Waals surface area contributed by atoms with Gasteiger partial charge in [0.25, 0.3) is 0 Å². The number of nitrogens with two attached hydrogens (primary N) is 1. The predicted octanol–water partition coefficient (Wildman–Crippen LogP) is -0.280. The number of benzene rings is 1. The average molecular weight is 309 g/mol. The summed E-state index contributed by atoms with van der Waals surface area (Å²) in [4.78, 5) is 11.2. The molecule has 0 saturated carbocycles. The Bertz CT molecular complexity index is 672. The molecule has 0 fully saturated rings. The van der Waals surface area contributed by atoms with E-state index in [-0.39, 0.29) is 30.3 Å². The second kappa shape index (κ2) is 7.78. The van der Waals surface area contributed by atoms with Crippen LogP contribution < -0.4 is 15.8 Å². The molecule has 0 saturated heterocycles. The normalized spacial score (nSPS) is 10.6. The van der Waals surface area contributed by atoms with Gasteiger partial charge in [0, 0.05) is 25.6 Å². The Morgan fingerprint density at radius 1 is 1.38 bits per heavy atom. The van der Waals surface area contributed by atoms with Crippen LogP contribution in [0.4, 0.5) is 0 Å². The molecule has 21 heavy (non-hydrogen) atoms. The Morgan fingerprint density at radius 2 is 2.10 bits per heavy atom. The SMILES string of the molecule is CNC(=O)CCNS(=O)(=O)c1ccc(C#CCN)c(C)c1. The molecule has 1 aromatic rings. The maximum absolute atomic E-state index is 12.1. The summed E-state index contributed by atoms with van der Waals surface area (Å²) >= 11 is 0. The highest BCUT2D eigenvalue weighted by atomic mass is 32.2. The molecule has 0 aliphatic heterocycles. The fraction of sp³-hybridized carbons (Fsp3) is 0.357. The molecule has 4 N–H and O–H groups in total. The molecule has 0 radical (unpaired) electrons. The van der Waals surface area contributed by atoms with Crippen molar-refractivity contribution in [3.8, 4) is 11.8 Å². The molecular weight excluding hydrogens is 290 g/mol. The minimum absolute atomic E-state index is 0.0514. The second-order valence-electron chi connectivity index (χ2n) is 4.30. The number of hydrogen-bond acceptors (Lipinski definition) is 4. The molecular formula is C14H19N3O3S. The van der Waals surface area contributed by atoms with Crippen LogP contribution in [0.3, 0.4) is 0 Å². The van der Waals surface area contributed by atoms with E-state index in [0.717, 1.165) is 11.1 Å². The van der Waals surface area contributed by atoms with Gasteiger partial charge in [0.2, 0.25) is 15.9 Å². The first-order valence-corrected chi connectivity index (χ1v) is 7.89. The van der Waals surface area contributed by atoms with Crippen molar-refractivity contribution in [3.05, 3.63) is 29.3 Å². The maximum atomic E-state index is 12.1. The Balaban J connectivity index is 2.84. The van der Waals surface area contributed by atoms with Crippen molar-refractivity contribution in [2.75, 3.05) is 20.1 Å². The zero-order valence-corrected chi connectivity index (χ0v) is 12.9. The molecule has 114 valence electrons. The molecule has 0 aromatic heterocycles. The van der Waals surface area contributed by atoms with Crippen LogP contribution in [0.5, 0.6) is 0 Å². The summed E-state index contributed by atoms with van der Waals surface area (Å²) in [7, 11) is -2.13. The molecule has 0 aliphatic carbocycles. The van der Waals surface area contributed by atoms with E-state index in [0.29, 0.717) is 0 Å². The summed E-state index contributed by atoms with van der Waals surface area (Å²) < 4.78 is 26.5. The molecule has 1 aromatic carbocycles. The number of carbonyl (C=O) groups is 1. The van der Waals surface area contributed by atoms with Crippen molar-refractivity contribution in [2.45, 2.75) is 18.2 Å². The Morgan fingerprint density at radius 3 is 2.67 bits per heavy atom. The van der Waals surface area contributed by atoms with E-state index in [9.17, 15) is 13.2 Å². The van der Waals surface area contributed by atoms with Crippen molar-refractivity contribution >= 4 is 15.9 Å². The van der Waals surface area contributed by atoms with Gasteiger partial charge in [0.05, 0.1) is 11.4 Å². The molecule has 1 rings (SSSR count). The van der Waals surface area contributed by atoms with Gasteiger partial charge in [0.15, 0.2) is 0 Å². The largest absolute Gasteiger partial charge is 0.359 e. The number of nitrogens with one attached hydrogen (secondary N) is 2. The van der Waals surface area contributed by atoms with Crippen molar-refractivity contribution in [2.24, 2.45) is 5.73 Å². The smallest absolute Gasteiger partial charge is 0.240 e. The zero-order chi connectivity index (χ0) is 15.9. The van der Waals surface area contributed by atoms with Gasteiger partial charge in [-0.15, -0.1) is 0 Å². The van der Waals surface area contributed by atoms with Gasteiger partial charge in [0.1, 0.15) is 0 Å². The number of hydrogen-bond donors (Lipinski definition) is 3. The van der Waals surface area contributed by atoms with Gasteiger partial charge in [-0.1, -0.05) is 11.8 Å². The quantitative estimate of drug-likeness (QED) is 0.651. The van der Waals surface area contributed by atoms with Crippen molar-refractivity contribution in [3.63, 3.8) is 0 Å². The van der Waals surface area contributed by atoms with Crippen LogP contribution in [-0.4, -0.2) is 34.5 Å². The van der Waals surface area contributed by atoms with Gasteiger partial charge in [-0.25, -0.2) is 13.1 Å². The summed E-state index contributed by atoms with van der Waals surface area (Å²) in [6.45, 7) is 2.08. The summed E-state index contributed by atoms with van der Waals surface area (Å²) in [6.07, 6.45) is 0.0920. The number of amides is 1. The lowest BCUT2D eigenvalue weighted by Crippen LogP contribution is -2.29. The maximum Gasteiger partial charge on any atom is 0.240 e. The molecule has 0 unspecified atom stereocenters. The molecule has 0 bridgehead atoms. The van der Waals surface area contributed by atoms with Crippen LogP contribution in [0.1, 0.15) is 17.5 Å². The Labute approximate surface area is 125 Å². The van der Waals surface area contributed by atoms with Crippen LogP contribution in [0.25, 0.3) is 0 Å². The number of aryl methyl sites for hydroxylation is 1. The standard InChI is InChI=1S/C14H19N3O3S/c1-11-10-13(6-5-12(11)4-3-8-15)21(19,20)17-9-7-14(18)16-2/h5-6,10,17H,7-9,15H2,1-2H3,(H,16,18). The van der Waals surface area contributed by atoms with Crippen molar-refractivity contribution in [1.82, 2.24) is 10.0 Å². The Hall–Kier alpha value is -1.88. The van der Waals surface area contributed by atoms with Crippen LogP contribution in [0.15, 0.2) is 23.1 Å². The van der Waals surface area contributed by atoms with Crippen LogP contribution in [0, 0.1) is 18.8 Å². The van der Waals surface area contributed by atoms with Gasteiger partial charge in [-0.2, -0.15) is 0 Å². The first kappa shape index (κ1) is 17.2. The third-order valence-corrected chi connectivity index (χ3v) is 4.21. The minimum atomic E-state index is -3.63. The van der Waals surface area contributed by atoms with Crippen molar-refractivity contribution < 1.29 is 13.2 Å². The van der Waals surface area contributed by atoms with Crippen LogP contribution in [-0.2, 0) is 14.8 Å². The fourth-order valence-electron chi connectivity index (χ4n) is 1.60. The molecule has 0 atom stereocenters. The van der Waals surface area contributed by atoms with Gasteiger partial charge in [-0.05, 0) is 30.7 Å². The summed E-state index contributed by atoms with van der Waals surface area (Å²) in [6, 6.07) is 4.67. The zero-order valence-electron chi connectivity index (χ0n) is 12.1. The first-order chi connectivity index (χ1) is 9.90.